The van der Waals surface area contributed by atoms with Gasteiger partial charge in [0.25, 0.3) is 0 Å². The molecular weight excluding hydrogens is 246 g/mol. The van der Waals surface area contributed by atoms with Crippen LogP contribution < -0.4 is 5.32 Å². The smallest absolute Gasteiger partial charge is 0.323 e. The van der Waals surface area contributed by atoms with Crippen molar-refractivity contribution in [3.8, 4) is 0 Å². The molecule has 0 amide bonds. The number of nitrogens with zero attached hydrogens (tertiary/aromatic N) is 2. The second kappa shape index (κ2) is 7.59. The molecule has 0 saturated heterocycles. The molecule has 1 rings (SSSR count). The Hall–Kier alpha value is -0.660. The SMILES string of the molecule is CCNC(CSc1ncns1)C(=O)OCC. The Kier molecular flexibility index (Phi) is 6.36. The van der Waals surface area contributed by atoms with Crippen LogP contribution in [0.3, 0.4) is 0 Å². The molecule has 7 heteroatoms. The van der Waals surface area contributed by atoms with E-state index in [9.17, 15) is 4.79 Å². The summed E-state index contributed by atoms with van der Waals surface area (Å²) in [5, 5.41) is 3.09. The zero-order valence-electron chi connectivity index (χ0n) is 9.30. The number of hydrogen-bond acceptors (Lipinski definition) is 7. The summed E-state index contributed by atoms with van der Waals surface area (Å²) in [7, 11) is 0. The number of carbonyl (C=O) groups excluding carboxylic acids is 1. The van der Waals surface area contributed by atoms with Crippen LogP contribution in [0.25, 0.3) is 0 Å². The van der Waals surface area contributed by atoms with Gasteiger partial charge in [-0.15, -0.1) is 0 Å². The lowest BCUT2D eigenvalue weighted by atomic mass is 10.3. The van der Waals surface area contributed by atoms with Gasteiger partial charge in [0.05, 0.1) is 6.61 Å². The average molecular weight is 261 g/mol. The van der Waals surface area contributed by atoms with E-state index in [0.717, 1.165) is 10.9 Å². The highest BCUT2D eigenvalue weighted by atomic mass is 32.2. The Morgan fingerprint density at radius 3 is 3.06 bits per heavy atom. The van der Waals surface area contributed by atoms with E-state index in [1.165, 1.54) is 29.6 Å². The number of nitrogens with one attached hydrogen (secondary N) is 1. The maximum atomic E-state index is 11.6. The van der Waals surface area contributed by atoms with Crippen LogP contribution >= 0.6 is 23.3 Å². The van der Waals surface area contributed by atoms with Crippen LogP contribution in [0, 0.1) is 0 Å². The minimum atomic E-state index is -0.279. The van der Waals surface area contributed by atoms with Crippen LogP contribution in [0.1, 0.15) is 13.8 Å². The highest BCUT2D eigenvalue weighted by molar-refractivity contribution is 8.01. The lowest BCUT2D eigenvalue weighted by Gasteiger charge is -2.14. The first-order chi connectivity index (χ1) is 7.77. The molecule has 16 heavy (non-hydrogen) atoms. The molecule has 0 saturated carbocycles. The number of thioether (sulfide) groups is 1. The Bertz CT molecular complexity index is 306. The first kappa shape index (κ1) is 13.4. The summed E-state index contributed by atoms with van der Waals surface area (Å²) in [6.07, 6.45) is 1.51. The van der Waals surface area contributed by atoms with Gasteiger partial charge in [0.15, 0.2) is 4.34 Å². The van der Waals surface area contributed by atoms with Crippen LogP contribution in [-0.2, 0) is 9.53 Å². The molecule has 1 aromatic heterocycles. The topological polar surface area (TPSA) is 64.1 Å². The second-order valence-electron chi connectivity index (χ2n) is 2.88. The summed E-state index contributed by atoms with van der Waals surface area (Å²) < 4.78 is 9.75. The average Bonchev–Trinajstić information content (AvgIpc) is 2.77. The molecule has 1 N–H and O–H groups in total. The molecule has 0 aliphatic rings. The third-order valence-electron chi connectivity index (χ3n) is 1.74. The van der Waals surface area contributed by atoms with E-state index < -0.39 is 0 Å². The maximum absolute atomic E-state index is 11.6. The van der Waals surface area contributed by atoms with Crippen molar-refractivity contribution in [3.05, 3.63) is 6.33 Å². The standard InChI is InChI=1S/C9H15N3O2S2/c1-3-10-7(8(13)14-4-2)5-15-9-11-6-12-16-9/h6-7,10H,3-5H2,1-2H3. The van der Waals surface area contributed by atoms with E-state index in [1.807, 2.05) is 6.92 Å². The van der Waals surface area contributed by atoms with Gasteiger partial charge in [0.2, 0.25) is 0 Å². The van der Waals surface area contributed by atoms with Gasteiger partial charge in [-0.25, -0.2) is 4.98 Å². The zero-order valence-corrected chi connectivity index (χ0v) is 10.9. The summed E-state index contributed by atoms with van der Waals surface area (Å²) in [6.45, 7) is 4.91. The molecule has 0 radical (unpaired) electrons. The molecule has 0 aliphatic carbocycles. The fraction of sp³-hybridized carbons (Fsp3) is 0.667. The number of esters is 1. The fourth-order valence-corrected chi connectivity index (χ4v) is 2.59. The lowest BCUT2D eigenvalue weighted by molar-refractivity contribution is -0.144. The van der Waals surface area contributed by atoms with Crippen LogP contribution in [0.5, 0.6) is 0 Å². The lowest BCUT2D eigenvalue weighted by Crippen LogP contribution is -2.40. The van der Waals surface area contributed by atoms with E-state index in [-0.39, 0.29) is 12.0 Å². The predicted molar refractivity (Wildman–Crippen MR) is 64.7 cm³/mol. The molecule has 0 fully saturated rings. The molecule has 0 spiro atoms. The Morgan fingerprint density at radius 2 is 2.50 bits per heavy atom. The van der Waals surface area contributed by atoms with Crippen molar-refractivity contribution >= 4 is 29.3 Å². The van der Waals surface area contributed by atoms with Crippen molar-refractivity contribution in [2.45, 2.75) is 24.2 Å². The van der Waals surface area contributed by atoms with Crippen molar-refractivity contribution in [1.82, 2.24) is 14.7 Å². The summed E-state index contributed by atoms with van der Waals surface area (Å²) in [5.74, 6) is 0.406. The minimum absolute atomic E-state index is 0.207. The summed E-state index contributed by atoms with van der Waals surface area (Å²) >= 11 is 2.84. The van der Waals surface area contributed by atoms with Gasteiger partial charge >= 0.3 is 5.97 Å². The Morgan fingerprint density at radius 1 is 1.69 bits per heavy atom. The van der Waals surface area contributed by atoms with Gasteiger partial charge in [-0.2, -0.15) is 4.37 Å². The third kappa shape index (κ3) is 4.46. The summed E-state index contributed by atoms with van der Waals surface area (Å²) in [6, 6.07) is -0.279. The molecule has 5 nitrogen and oxygen atoms in total. The first-order valence-electron chi connectivity index (χ1n) is 5.07. The largest absolute Gasteiger partial charge is 0.465 e. The Balaban J connectivity index is 2.41. The van der Waals surface area contributed by atoms with Crippen molar-refractivity contribution < 1.29 is 9.53 Å². The van der Waals surface area contributed by atoms with Crippen LogP contribution in [0.2, 0.25) is 0 Å². The molecule has 1 heterocycles. The second-order valence-corrected chi connectivity index (χ2v) is 4.93. The van der Waals surface area contributed by atoms with E-state index in [1.54, 1.807) is 6.92 Å². The number of ether oxygens (including phenoxy) is 1. The normalized spacial score (nSPS) is 12.4. The third-order valence-corrected chi connectivity index (χ3v) is 3.63. The molecule has 1 unspecified atom stereocenters. The molecular formula is C9H15N3O2S2. The van der Waals surface area contributed by atoms with Crippen LogP contribution in [0.4, 0.5) is 0 Å². The van der Waals surface area contributed by atoms with Gasteiger partial charge in [-0.1, -0.05) is 18.7 Å². The Labute approximate surface area is 103 Å². The quantitative estimate of drug-likeness (QED) is 0.587. The van der Waals surface area contributed by atoms with Crippen molar-refractivity contribution in [1.29, 1.82) is 0 Å². The van der Waals surface area contributed by atoms with Crippen molar-refractivity contribution in [3.63, 3.8) is 0 Å². The summed E-state index contributed by atoms with van der Waals surface area (Å²) in [4.78, 5) is 15.6. The van der Waals surface area contributed by atoms with Crippen molar-refractivity contribution in [2.24, 2.45) is 0 Å². The van der Waals surface area contributed by atoms with Crippen LogP contribution in [0.15, 0.2) is 10.7 Å². The fourth-order valence-electron chi connectivity index (χ4n) is 1.08. The van der Waals surface area contributed by atoms with Gasteiger partial charge in [-0.05, 0) is 25.0 Å². The maximum Gasteiger partial charge on any atom is 0.323 e. The van der Waals surface area contributed by atoms with E-state index in [0.29, 0.717) is 12.4 Å². The van der Waals surface area contributed by atoms with E-state index in [4.69, 9.17) is 4.74 Å². The van der Waals surface area contributed by atoms with E-state index >= 15 is 0 Å². The van der Waals surface area contributed by atoms with Crippen molar-refractivity contribution in [2.75, 3.05) is 18.9 Å². The van der Waals surface area contributed by atoms with E-state index in [2.05, 4.69) is 14.7 Å². The molecule has 90 valence electrons. The number of likely N-dealkylation sites (N-methyl/N-ethyl adjacent to an activating group) is 1. The molecule has 0 bridgehead atoms. The summed E-state index contributed by atoms with van der Waals surface area (Å²) in [5.41, 5.74) is 0. The predicted octanol–water partition coefficient (Wildman–Crippen LogP) is 1.17. The zero-order chi connectivity index (χ0) is 11.8. The minimum Gasteiger partial charge on any atom is -0.465 e. The van der Waals surface area contributed by atoms with Gasteiger partial charge < -0.3 is 10.1 Å². The number of rotatable bonds is 7. The van der Waals surface area contributed by atoms with Gasteiger partial charge in [0, 0.05) is 5.75 Å². The van der Waals surface area contributed by atoms with Crippen LogP contribution in [-0.4, -0.2) is 40.3 Å². The molecule has 1 atom stereocenters. The molecule has 1 aromatic rings. The highest BCUT2D eigenvalue weighted by Crippen LogP contribution is 2.19. The number of carbonyl (C=O) groups is 1. The monoisotopic (exact) mass is 261 g/mol. The van der Waals surface area contributed by atoms with Gasteiger partial charge in [0.1, 0.15) is 12.4 Å². The molecule has 0 aliphatic heterocycles. The number of hydrogen-bond donors (Lipinski definition) is 1. The van der Waals surface area contributed by atoms with Gasteiger partial charge in [-0.3, -0.25) is 4.79 Å². The molecule has 0 aromatic carbocycles. The highest BCUT2D eigenvalue weighted by Gasteiger charge is 2.19. The first-order valence-corrected chi connectivity index (χ1v) is 6.83. The number of aromatic nitrogens is 2.